The predicted octanol–water partition coefficient (Wildman–Crippen LogP) is 1.55. The van der Waals surface area contributed by atoms with Gasteiger partial charge in [-0.05, 0) is 65.6 Å². The SMILES string of the molecule is NC(C(=O)N1CCSC1)C1CCN(S(=O)(=O)c2ccc(I)cc2)CC1. The number of nitrogens with zero attached hydrogens (tertiary/aromatic N) is 2. The van der Waals surface area contributed by atoms with E-state index in [1.807, 2.05) is 4.90 Å². The van der Waals surface area contributed by atoms with Gasteiger partial charge in [-0.25, -0.2) is 8.42 Å². The first-order valence-electron chi connectivity index (χ1n) is 8.27. The molecular formula is C16H22IN3O3S2. The van der Waals surface area contributed by atoms with Crippen LogP contribution in [0.5, 0.6) is 0 Å². The molecule has 6 nitrogen and oxygen atoms in total. The van der Waals surface area contributed by atoms with E-state index in [-0.39, 0.29) is 11.8 Å². The number of thioether (sulfide) groups is 1. The van der Waals surface area contributed by atoms with Gasteiger partial charge in [-0.3, -0.25) is 4.79 Å². The van der Waals surface area contributed by atoms with Gasteiger partial charge in [0, 0.05) is 29.0 Å². The van der Waals surface area contributed by atoms with Crippen molar-refractivity contribution in [2.75, 3.05) is 31.3 Å². The molecule has 0 aliphatic carbocycles. The summed E-state index contributed by atoms with van der Waals surface area (Å²) in [5, 5.41) is 0. The molecule has 138 valence electrons. The average molecular weight is 495 g/mol. The van der Waals surface area contributed by atoms with Crippen molar-refractivity contribution >= 4 is 50.3 Å². The Morgan fingerprint density at radius 2 is 1.84 bits per heavy atom. The highest BCUT2D eigenvalue weighted by Gasteiger charge is 2.35. The summed E-state index contributed by atoms with van der Waals surface area (Å²) in [5.74, 6) is 1.72. The molecule has 1 amide bonds. The molecule has 2 N–H and O–H groups in total. The van der Waals surface area contributed by atoms with E-state index < -0.39 is 16.1 Å². The van der Waals surface area contributed by atoms with Crippen LogP contribution in [0.25, 0.3) is 0 Å². The third-order valence-corrected chi connectivity index (χ3v) is 8.40. The van der Waals surface area contributed by atoms with E-state index >= 15 is 0 Å². The minimum atomic E-state index is -3.47. The number of hydrogen-bond donors (Lipinski definition) is 1. The van der Waals surface area contributed by atoms with E-state index in [0.29, 0.717) is 36.7 Å². The summed E-state index contributed by atoms with van der Waals surface area (Å²) in [6.45, 7) is 1.58. The maximum absolute atomic E-state index is 12.7. The molecule has 25 heavy (non-hydrogen) atoms. The van der Waals surface area contributed by atoms with Crippen LogP contribution in [0.1, 0.15) is 12.8 Å². The Morgan fingerprint density at radius 1 is 1.20 bits per heavy atom. The number of carbonyl (C=O) groups excluding carboxylic acids is 1. The Kier molecular flexibility index (Phi) is 6.30. The van der Waals surface area contributed by atoms with E-state index in [0.717, 1.165) is 15.9 Å². The van der Waals surface area contributed by atoms with E-state index in [1.165, 1.54) is 4.31 Å². The van der Waals surface area contributed by atoms with Gasteiger partial charge in [0.2, 0.25) is 15.9 Å². The predicted molar refractivity (Wildman–Crippen MR) is 108 cm³/mol. The fourth-order valence-electron chi connectivity index (χ4n) is 3.23. The fraction of sp³-hybridized carbons (Fsp3) is 0.562. The van der Waals surface area contributed by atoms with Crippen LogP contribution in [0, 0.1) is 9.49 Å². The maximum Gasteiger partial charge on any atom is 0.243 e. The van der Waals surface area contributed by atoms with Crippen molar-refractivity contribution in [2.45, 2.75) is 23.8 Å². The van der Waals surface area contributed by atoms with Gasteiger partial charge >= 0.3 is 0 Å². The zero-order valence-electron chi connectivity index (χ0n) is 13.8. The number of sulfonamides is 1. The van der Waals surface area contributed by atoms with E-state index in [2.05, 4.69) is 22.6 Å². The van der Waals surface area contributed by atoms with Crippen molar-refractivity contribution < 1.29 is 13.2 Å². The van der Waals surface area contributed by atoms with Crippen molar-refractivity contribution in [3.63, 3.8) is 0 Å². The molecule has 0 spiro atoms. The Balaban J connectivity index is 1.61. The number of rotatable bonds is 4. The number of nitrogens with two attached hydrogens (primary N) is 1. The van der Waals surface area contributed by atoms with Crippen LogP contribution in [-0.2, 0) is 14.8 Å². The van der Waals surface area contributed by atoms with Gasteiger partial charge < -0.3 is 10.6 Å². The minimum absolute atomic E-state index is 0.00365. The van der Waals surface area contributed by atoms with Crippen molar-refractivity contribution in [1.82, 2.24) is 9.21 Å². The van der Waals surface area contributed by atoms with Gasteiger partial charge in [0.1, 0.15) is 0 Å². The van der Waals surface area contributed by atoms with Crippen molar-refractivity contribution in [2.24, 2.45) is 11.7 Å². The third kappa shape index (κ3) is 4.32. The lowest BCUT2D eigenvalue weighted by molar-refractivity contribution is -0.132. The van der Waals surface area contributed by atoms with Crippen LogP contribution in [0.2, 0.25) is 0 Å². The zero-order chi connectivity index (χ0) is 18.0. The summed E-state index contributed by atoms with van der Waals surface area (Å²) in [4.78, 5) is 14.6. The molecule has 2 heterocycles. The summed E-state index contributed by atoms with van der Waals surface area (Å²) < 4.78 is 28.0. The molecule has 0 aromatic heterocycles. The van der Waals surface area contributed by atoms with Crippen LogP contribution in [0.15, 0.2) is 29.2 Å². The highest BCUT2D eigenvalue weighted by molar-refractivity contribution is 14.1. The topological polar surface area (TPSA) is 83.7 Å². The molecule has 0 radical (unpaired) electrons. The lowest BCUT2D eigenvalue weighted by Crippen LogP contribution is -2.50. The van der Waals surface area contributed by atoms with Gasteiger partial charge in [-0.1, -0.05) is 0 Å². The third-order valence-electron chi connectivity index (χ3n) is 4.81. The molecule has 1 unspecified atom stereocenters. The number of carbonyl (C=O) groups is 1. The number of amides is 1. The largest absolute Gasteiger partial charge is 0.331 e. The molecule has 1 aromatic carbocycles. The second-order valence-corrected chi connectivity index (χ2v) is 10.6. The van der Waals surface area contributed by atoms with E-state index in [1.54, 1.807) is 36.0 Å². The summed E-state index contributed by atoms with van der Waals surface area (Å²) in [6.07, 6.45) is 1.25. The number of halogens is 1. The van der Waals surface area contributed by atoms with Crippen molar-refractivity contribution in [3.8, 4) is 0 Å². The molecule has 9 heteroatoms. The molecule has 1 atom stereocenters. The summed E-state index contributed by atoms with van der Waals surface area (Å²) in [6, 6.07) is 6.35. The Bertz CT molecular complexity index is 713. The zero-order valence-corrected chi connectivity index (χ0v) is 17.6. The first kappa shape index (κ1) is 19.4. The van der Waals surface area contributed by atoms with Gasteiger partial charge in [0.05, 0.1) is 16.8 Å². The second-order valence-electron chi connectivity index (χ2n) is 6.36. The quantitative estimate of drug-likeness (QED) is 0.642. The molecule has 2 saturated heterocycles. The van der Waals surface area contributed by atoms with Gasteiger partial charge in [0.25, 0.3) is 0 Å². The Labute approximate surface area is 166 Å². The average Bonchev–Trinajstić information content (AvgIpc) is 3.15. The van der Waals surface area contributed by atoms with Crippen molar-refractivity contribution in [3.05, 3.63) is 27.8 Å². The minimum Gasteiger partial charge on any atom is -0.331 e. The van der Waals surface area contributed by atoms with Crippen LogP contribution in [-0.4, -0.2) is 60.8 Å². The molecule has 2 aliphatic heterocycles. The molecule has 2 fully saturated rings. The molecule has 3 rings (SSSR count). The Morgan fingerprint density at radius 3 is 2.40 bits per heavy atom. The van der Waals surface area contributed by atoms with Crippen LogP contribution in [0.4, 0.5) is 0 Å². The summed E-state index contributed by atoms with van der Waals surface area (Å²) in [5.41, 5.74) is 6.18. The Hall–Kier alpha value is -0.360. The molecule has 0 bridgehead atoms. The van der Waals surface area contributed by atoms with Crippen LogP contribution in [0.3, 0.4) is 0 Å². The molecular weight excluding hydrogens is 473 g/mol. The highest BCUT2D eigenvalue weighted by atomic mass is 127. The van der Waals surface area contributed by atoms with Crippen molar-refractivity contribution in [1.29, 1.82) is 0 Å². The lowest BCUT2D eigenvalue weighted by Gasteiger charge is -2.34. The summed E-state index contributed by atoms with van der Waals surface area (Å²) >= 11 is 3.89. The van der Waals surface area contributed by atoms with Crippen LogP contribution < -0.4 is 5.73 Å². The van der Waals surface area contributed by atoms with E-state index in [9.17, 15) is 13.2 Å². The van der Waals surface area contributed by atoms with E-state index in [4.69, 9.17) is 5.73 Å². The van der Waals surface area contributed by atoms with Gasteiger partial charge in [0.15, 0.2) is 0 Å². The number of hydrogen-bond acceptors (Lipinski definition) is 5. The normalized spacial score (nSPS) is 21.4. The first-order valence-corrected chi connectivity index (χ1v) is 11.9. The standard InChI is InChI=1S/C16H22IN3O3S2/c17-13-1-3-14(4-2-13)25(22,23)20-7-5-12(6-8-20)15(18)16(21)19-9-10-24-11-19/h1-4,12,15H,5-11,18H2. The number of piperidine rings is 1. The summed E-state index contributed by atoms with van der Waals surface area (Å²) in [7, 11) is -3.47. The highest BCUT2D eigenvalue weighted by Crippen LogP contribution is 2.27. The molecule has 2 aliphatic rings. The number of benzene rings is 1. The maximum atomic E-state index is 12.7. The molecule has 1 aromatic rings. The second kappa shape index (κ2) is 8.12. The fourth-order valence-corrected chi connectivity index (χ4v) is 6.02. The van der Waals surface area contributed by atoms with Gasteiger partial charge in [-0.15, -0.1) is 11.8 Å². The van der Waals surface area contributed by atoms with Gasteiger partial charge in [-0.2, -0.15) is 4.31 Å². The van der Waals surface area contributed by atoms with Crippen LogP contribution >= 0.6 is 34.4 Å². The first-order chi connectivity index (χ1) is 11.9. The lowest BCUT2D eigenvalue weighted by atomic mass is 9.90. The smallest absolute Gasteiger partial charge is 0.243 e. The monoisotopic (exact) mass is 495 g/mol. The molecule has 0 saturated carbocycles.